The first-order valence-corrected chi connectivity index (χ1v) is 12.3. The Labute approximate surface area is 197 Å². The van der Waals surface area contributed by atoms with E-state index >= 15 is 0 Å². The van der Waals surface area contributed by atoms with Gasteiger partial charge in [-0.05, 0) is 66.5 Å². The Bertz CT molecular complexity index is 740. The molecule has 0 radical (unpaired) electrons. The molecule has 0 bridgehead atoms. The Hall–Kier alpha value is -2.00. The van der Waals surface area contributed by atoms with Crippen LogP contribution in [0, 0.1) is 0 Å². The number of hydrogen-bond donors (Lipinski definition) is 2. The van der Waals surface area contributed by atoms with Gasteiger partial charge in [0.15, 0.2) is 0 Å². The summed E-state index contributed by atoms with van der Waals surface area (Å²) in [7, 11) is 0. The van der Waals surface area contributed by atoms with Crippen molar-refractivity contribution in [2.45, 2.75) is 97.6 Å². The van der Waals surface area contributed by atoms with Crippen LogP contribution in [0.25, 0.3) is 0 Å². The quantitative estimate of drug-likeness (QED) is 0.477. The highest BCUT2D eigenvalue weighted by Crippen LogP contribution is 2.23. The third kappa shape index (κ3) is 8.50. The fourth-order valence-corrected chi connectivity index (χ4v) is 4.30. The normalized spacial score (nSPS) is 18.6. The average Bonchev–Trinajstić information content (AvgIpc) is 3.29. The predicted molar refractivity (Wildman–Crippen MR) is 141 cm³/mol. The molecule has 4 rings (SSSR count). The van der Waals surface area contributed by atoms with Crippen molar-refractivity contribution in [3.05, 3.63) is 59.7 Å². The molecule has 1 heterocycles. The number of hydrogen-bond acceptors (Lipinski definition) is 3. The second-order valence-corrected chi connectivity index (χ2v) is 9.74. The van der Waals surface area contributed by atoms with Crippen LogP contribution in [0.1, 0.15) is 96.6 Å². The van der Waals surface area contributed by atoms with Crippen LogP contribution in [0.3, 0.4) is 0 Å². The molecule has 1 saturated heterocycles. The first kappa shape index (κ1) is 26.3. The first-order valence-electron chi connectivity index (χ1n) is 12.3. The number of benzene rings is 2. The van der Waals surface area contributed by atoms with Gasteiger partial charge in [-0.1, -0.05) is 78.6 Å². The lowest BCUT2D eigenvalue weighted by Gasteiger charge is -2.24. The van der Waals surface area contributed by atoms with E-state index < -0.39 is 0 Å². The van der Waals surface area contributed by atoms with Crippen LogP contribution < -0.4 is 10.6 Å². The fourth-order valence-electron chi connectivity index (χ4n) is 4.30. The molecule has 2 N–H and O–H groups in total. The van der Waals surface area contributed by atoms with Crippen molar-refractivity contribution in [1.82, 2.24) is 0 Å². The zero-order chi connectivity index (χ0) is 22.1. The summed E-state index contributed by atoms with van der Waals surface area (Å²) in [5.41, 5.74) is 5.31. The molecular weight excluding hydrogens is 392 g/mol. The van der Waals surface area contributed by atoms with Crippen molar-refractivity contribution >= 4 is 11.4 Å². The smallest absolute Gasteiger partial charge is 0.0668 e. The summed E-state index contributed by atoms with van der Waals surface area (Å²) in [5.74, 6) is 1.23. The van der Waals surface area contributed by atoms with Gasteiger partial charge in [-0.15, -0.1) is 0 Å². The van der Waals surface area contributed by atoms with Crippen LogP contribution in [0.4, 0.5) is 11.4 Å². The highest BCUT2D eigenvalue weighted by atomic mass is 16.5. The van der Waals surface area contributed by atoms with Gasteiger partial charge in [0.25, 0.3) is 0 Å². The van der Waals surface area contributed by atoms with E-state index in [1.165, 1.54) is 54.6 Å². The van der Waals surface area contributed by atoms with Gasteiger partial charge in [-0.3, -0.25) is 0 Å². The maximum Gasteiger partial charge on any atom is 0.0668 e. The van der Waals surface area contributed by atoms with Crippen LogP contribution in [0.15, 0.2) is 48.5 Å². The molecule has 3 nitrogen and oxygen atoms in total. The maximum atomic E-state index is 5.33. The Balaban J connectivity index is 0.000000220. The summed E-state index contributed by atoms with van der Waals surface area (Å²) in [6.45, 7) is 10.6. The van der Waals surface area contributed by atoms with Gasteiger partial charge < -0.3 is 15.4 Å². The summed E-state index contributed by atoms with van der Waals surface area (Å²) in [4.78, 5) is 0. The molecule has 1 aliphatic heterocycles. The molecule has 2 fully saturated rings. The van der Waals surface area contributed by atoms with Crippen molar-refractivity contribution in [2.75, 3.05) is 23.8 Å². The molecule has 0 aromatic heterocycles. The zero-order valence-electron chi connectivity index (χ0n) is 20.0. The summed E-state index contributed by atoms with van der Waals surface area (Å²) in [6.07, 6.45) is 8.00. The first-order chi connectivity index (χ1) is 15.0. The molecule has 1 saturated carbocycles. The van der Waals surface area contributed by atoms with Gasteiger partial charge >= 0.3 is 0 Å². The molecular formula is C29H46N2O. The number of anilines is 2. The van der Waals surface area contributed by atoms with Crippen molar-refractivity contribution in [1.29, 1.82) is 0 Å². The topological polar surface area (TPSA) is 33.3 Å². The summed E-state index contributed by atoms with van der Waals surface area (Å²) in [5, 5.41) is 7.13. The van der Waals surface area contributed by atoms with E-state index in [1.807, 2.05) is 0 Å². The molecule has 1 unspecified atom stereocenters. The Morgan fingerprint density at radius 1 is 0.656 bits per heavy atom. The summed E-state index contributed by atoms with van der Waals surface area (Å²) < 4.78 is 5.33. The molecule has 2 aromatic carbocycles. The molecule has 0 spiro atoms. The van der Waals surface area contributed by atoms with Crippen molar-refractivity contribution in [2.24, 2.45) is 0 Å². The van der Waals surface area contributed by atoms with Crippen LogP contribution >= 0.6 is 0 Å². The van der Waals surface area contributed by atoms with Crippen molar-refractivity contribution in [3.63, 3.8) is 0 Å². The Kier molecular flexibility index (Phi) is 11.1. The molecule has 1 aliphatic carbocycles. The summed E-state index contributed by atoms with van der Waals surface area (Å²) >= 11 is 0. The molecule has 178 valence electrons. The number of rotatable bonds is 6. The van der Waals surface area contributed by atoms with E-state index in [0.717, 1.165) is 19.6 Å². The molecule has 2 aromatic rings. The lowest BCUT2D eigenvalue weighted by Crippen LogP contribution is -2.22. The monoisotopic (exact) mass is 438 g/mol. The highest BCUT2D eigenvalue weighted by molar-refractivity contribution is 5.46. The SMILES string of the molecule is C.CC(C)c1ccc(NC2CCCCC2)cc1.CC(C)c1ccc(NC2CCOC2)cc1. The third-order valence-corrected chi connectivity index (χ3v) is 6.43. The third-order valence-electron chi connectivity index (χ3n) is 6.43. The summed E-state index contributed by atoms with van der Waals surface area (Å²) in [6, 6.07) is 18.9. The highest BCUT2D eigenvalue weighted by Gasteiger charge is 2.15. The standard InChI is InChI=1S/C15H23N.C13H19NO.CH4/c1-12(2)13-8-10-15(11-9-13)16-14-6-4-3-5-7-14;1-10(2)11-3-5-12(6-4-11)14-13-7-8-15-9-13;/h8-12,14,16H,3-7H2,1-2H3;3-6,10,13-14H,7-9H2,1-2H3;1H4. The van der Waals surface area contributed by atoms with Crippen LogP contribution in [-0.2, 0) is 4.74 Å². The molecule has 1 atom stereocenters. The largest absolute Gasteiger partial charge is 0.382 e. The van der Waals surface area contributed by atoms with Crippen molar-refractivity contribution in [3.8, 4) is 0 Å². The van der Waals surface area contributed by atoms with E-state index in [9.17, 15) is 0 Å². The second-order valence-electron chi connectivity index (χ2n) is 9.74. The minimum atomic E-state index is 0. The van der Waals surface area contributed by atoms with Crippen LogP contribution in [0.2, 0.25) is 0 Å². The second kappa shape index (κ2) is 13.5. The van der Waals surface area contributed by atoms with Gasteiger partial charge in [0.05, 0.1) is 12.6 Å². The fraction of sp³-hybridized carbons (Fsp3) is 0.586. The molecule has 32 heavy (non-hydrogen) atoms. The van der Waals surface area contributed by atoms with E-state index in [2.05, 4.69) is 86.9 Å². The van der Waals surface area contributed by atoms with E-state index in [4.69, 9.17) is 4.74 Å². The Morgan fingerprint density at radius 2 is 1.12 bits per heavy atom. The predicted octanol–water partition coefficient (Wildman–Crippen LogP) is 8.20. The van der Waals surface area contributed by atoms with Gasteiger partial charge in [0, 0.05) is 24.0 Å². The van der Waals surface area contributed by atoms with Crippen molar-refractivity contribution < 1.29 is 4.74 Å². The lowest BCUT2D eigenvalue weighted by atomic mass is 9.95. The van der Waals surface area contributed by atoms with E-state index in [1.54, 1.807) is 0 Å². The Morgan fingerprint density at radius 3 is 1.53 bits per heavy atom. The molecule has 2 aliphatic rings. The van der Waals surface area contributed by atoms with Gasteiger partial charge in [0.1, 0.15) is 0 Å². The molecule has 3 heteroatoms. The van der Waals surface area contributed by atoms with E-state index in [0.29, 0.717) is 23.9 Å². The maximum absolute atomic E-state index is 5.33. The number of ether oxygens (including phenoxy) is 1. The zero-order valence-corrected chi connectivity index (χ0v) is 20.0. The van der Waals surface area contributed by atoms with Gasteiger partial charge in [-0.25, -0.2) is 0 Å². The van der Waals surface area contributed by atoms with Crippen LogP contribution in [0.5, 0.6) is 0 Å². The van der Waals surface area contributed by atoms with Crippen LogP contribution in [-0.4, -0.2) is 25.3 Å². The molecule has 0 amide bonds. The van der Waals surface area contributed by atoms with Gasteiger partial charge in [0.2, 0.25) is 0 Å². The lowest BCUT2D eigenvalue weighted by molar-refractivity contribution is 0.195. The minimum Gasteiger partial charge on any atom is -0.382 e. The van der Waals surface area contributed by atoms with Gasteiger partial charge in [-0.2, -0.15) is 0 Å². The minimum absolute atomic E-state index is 0. The van der Waals surface area contributed by atoms with E-state index in [-0.39, 0.29) is 7.43 Å². The number of nitrogens with one attached hydrogen (secondary N) is 2. The average molecular weight is 439 g/mol.